The van der Waals surface area contributed by atoms with E-state index in [2.05, 4.69) is 0 Å². The van der Waals surface area contributed by atoms with Crippen molar-refractivity contribution in [3.8, 4) is 6.07 Å². The molecule has 2 N–H and O–H groups in total. The molecule has 2 atom stereocenters. The van der Waals surface area contributed by atoms with Crippen LogP contribution < -0.4 is 0 Å². The number of Topliss-reactive ketones (excluding diaryl/α,β-unsaturated/α-hetero) is 1. The molecule has 0 fully saturated rings. The molecular weight excluding hydrogens is 218 g/mol. The lowest BCUT2D eigenvalue weighted by Crippen LogP contribution is -2.16. The van der Waals surface area contributed by atoms with Crippen molar-refractivity contribution in [2.24, 2.45) is 5.92 Å². The maximum absolute atomic E-state index is 11.7. The summed E-state index contributed by atoms with van der Waals surface area (Å²) in [5.41, 5.74) is 0.974. The number of rotatable bonds is 4. The van der Waals surface area contributed by atoms with Crippen LogP contribution in [0.25, 0.3) is 0 Å². The van der Waals surface area contributed by atoms with E-state index in [1.165, 1.54) is 0 Å². The minimum absolute atomic E-state index is 0.0203. The van der Waals surface area contributed by atoms with Crippen LogP contribution >= 0.6 is 0 Å². The van der Waals surface area contributed by atoms with Crippen molar-refractivity contribution >= 4 is 5.78 Å². The standard InChI is InChI=1S/C13H15NO3/c1-8(2)12(16)9-3-5-10(6-4-9)13(17)11(15)7-14/h3-6,8,11,13,15,17H,1-2H3. The normalized spacial score (nSPS) is 14.1. The van der Waals surface area contributed by atoms with E-state index in [9.17, 15) is 9.90 Å². The number of ketones is 1. The molecule has 1 aromatic rings. The number of hydrogen-bond acceptors (Lipinski definition) is 4. The van der Waals surface area contributed by atoms with E-state index in [-0.39, 0.29) is 11.7 Å². The first-order valence-corrected chi connectivity index (χ1v) is 5.37. The van der Waals surface area contributed by atoms with E-state index in [0.717, 1.165) is 0 Å². The maximum atomic E-state index is 11.7. The van der Waals surface area contributed by atoms with E-state index in [1.54, 1.807) is 30.3 Å². The lowest BCUT2D eigenvalue weighted by Gasteiger charge is -2.12. The summed E-state index contributed by atoms with van der Waals surface area (Å²) >= 11 is 0. The largest absolute Gasteiger partial charge is 0.385 e. The van der Waals surface area contributed by atoms with E-state index >= 15 is 0 Å². The molecule has 2 unspecified atom stereocenters. The van der Waals surface area contributed by atoms with Gasteiger partial charge in [0.2, 0.25) is 0 Å². The molecule has 0 radical (unpaired) electrons. The van der Waals surface area contributed by atoms with Crippen molar-refractivity contribution in [1.82, 2.24) is 0 Å². The van der Waals surface area contributed by atoms with Gasteiger partial charge < -0.3 is 10.2 Å². The number of benzene rings is 1. The molecule has 1 aromatic carbocycles. The first kappa shape index (κ1) is 13.4. The van der Waals surface area contributed by atoms with E-state index < -0.39 is 12.2 Å². The second kappa shape index (κ2) is 5.58. The molecule has 4 heteroatoms. The highest BCUT2D eigenvalue weighted by atomic mass is 16.3. The van der Waals surface area contributed by atoms with Crippen LogP contribution in [0.4, 0.5) is 0 Å². The molecule has 90 valence electrons. The molecule has 0 spiro atoms. The number of nitriles is 1. The number of carbonyl (C=O) groups excluding carboxylic acids is 1. The van der Waals surface area contributed by atoms with Crippen molar-refractivity contribution < 1.29 is 15.0 Å². The van der Waals surface area contributed by atoms with Gasteiger partial charge in [-0.25, -0.2) is 0 Å². The highest BCUT2D eigenvalue weighted by Gasteiger charge is 2.18. The van der Waals surface area contributed by atoms with Crippen LogP contribution in [0, 0.1) is 17.2 Å². The molecule has 0 bridgehead atoms. The monoisotopic (exact) mass is 233 g/mol. The molecule has 17 heavy (non-hydrogen) atoms. The van der Waals surface area contributed by atoms with E-state index in [1.807, 2.05) is 13.8 Å². The Kier molecular flexibility index (Phi) is 4.38. The Morgan fingerprint density at radius 3 is 2.18 bits per heavy atom. The summed E-state index contributed by atoms with van der Waals surface area (Å²) in [4.78, 5) is 11.7. The predicted octanol–water partition coefficient (Wildman–Crippen LogP) is 1.44. The van der Waals surface area contributed by atoms with Gasteiger partial charge in [0.1, 0.15) is 6.10 Å². The molecule has 0 aliphatic carbocycles. The van der Waals surface area contributed by atoms with Gasteiger partial charge in [-0.2, -0.15) is 5.26 Å². The summed E-state index contributed by atoms with van der Waals surface area (Å²) < 4.78 is 0. The summed E-state index contributed by atoms with van der Waals surface area (Å²) in [6, 6.07) is 7.82. The highest BCUT2D eigenvalue weighted by Crippen LogP contribution is 2.18. The minimum Gasteiger partial charge on any atom is -0.385 e. The summed E-state index contributed by atoms with van der Waals surface area (Å²) in [5, 5.41) is 27.2. The Bertz CT molecular complexity index is 431. The SMILES string of the molecule is CC(C)C(=O)c1ccc(C(O)C(O)C#N)cc1. The van der Waals surface area contributed by atoms with Gasteiger partial charge in [-0.3, -0.25) is 4.79 Å². The molecule has 0 aliphatic heterocycles. The van der Waals surface area contributed by atoms with Crippen molar-refractivity contribution in [3.05, 3.63) is 35.4 Å². The third-order valence-corrected chi connectivity index (χ3v) is 2.49. The smallest absolute Gasteiger partial charge is 0.170 e. The number of carbonyl (C=O) groups is 1. The first-order valence-electron chi connectivity index (χ1n) is 5.37. The fourth-order valence-electron chi connectivity index (χ4n) is 1.43. The third-order valence-electron chi connectivity index (χ3n) is 2.49. The first-order chi connectivity index (χ1) is 7.97. The van der Waals surface area contributed by atoms with Gasteiger partial charge in [-0.15, -0.1) is 0 Å². The Morgan fingerprint density at radius 2 is 1.76 bits per heavy atom. The quantitative estimate of drug-likeness (QED) is 0.609. The zero-order valence-corrected chi connectivity index (χ0v) is 9.79. The summed E-state index contributed by atoms with van der Waals surface area (Å²) in [6.07, 6.45) is -2.70. The Hall–Kier alpha value is -1.70. The van der Waals surface area contributed by atoms with Crippen LogP contribution in [0.15, 0.2) is 24.3 Å². The average molecular weight is 233 g/mol. The van der Waals surface area contributed by atoms with E-state index in [4.69, 9.17) is 10.4 Å². The molecule has 0 saturated heterocycles. The van der Waals surface area contributed by atoms with Gasteiger partial charge >= 0.3 is 0 Å². The second-order valence-corrected chi connectivity index (χ2v) is 4.16. The Morgan fingerprint density at radius 1 is 1.24 bits per heavy atom. The van der Waals surface area contributed by atoms with Crippen LogP contribution in [0.5, 0.6) is 0 Å². The van der Waals surface area contributed by atoms with Crippen molar-refractivity contribution in [1.29, 1.82) is 5.26 Å². The van der Waals surface area contributed by atoms with Crippen molar-refractivity contribution in [2.45, 2.75) is 26.1 Å². The molecular formula is C13H15NO3. The molecule has 0 aromatic heterocycles. The molecule has 1 rings (SSSR count). The number of nitrogens with zero attached hydrogens (tertiary/aromatic N) is 1. The fraction of sp³-hybridized carbons (Fsp3) is 0.385. The zero-order valence-electron chi connectivity index (χ0n) is 9.79. The van der Waals surface area contributed by atoms with Gasteiger partial charge in [-0.05, 0) is 5.56 Å². The topological polar surface area (TPSA) is 81.3 Å². The molecule has 4 nitrogen and oxygen atoms in total. The maximum Gasteiger partial charge on any atom is 0.170 e. The highest BCUT2D eigenvalue weighted by molar-refractivity contribution is 5.97. The molecule has 0 amide bonds. The van der Waals surface area contributed by atoms with Crippen LogP contribution in [-0.2, 0) is 0 Å². The third kappa shape index (κ3) is 3.13. The summed E-state index contributed by atoms with van der Waals surface area (Å²) in [6.45, 7) is 3.62. The van der Waals surface area contributed by atoms with Gasteiger partial charge in [0.25, 0.3) is 0 Å². The van der Waals surface area contributed by atoms with Gasteiger partial charge in [0.05, 0.1) is 6.07 Å². The number of aliphatic hydroxyl groups is 2. The van der Waals surface area contributed by atoms with Gasteiger partial charge in [-0.1, -0.05) is 38.1 Å². The zero-order chi connectivity index (χ0) is 13.0. The Balaban J connectivity index is 2.89. The van der Waals surface area contributed by atoms with Crippen molar-refractivity contribution in [3.63, 3.8) is 0 Å². The number of hydrogen-bond donors (Lipinski definition) is 2. The molecule has 0 aliphatic rings. The fourth-order valence-corrected chi connectivity index (χ4v) is 1.43. The Labute approximate surface area is 100 Å². The van der Waals surface area contributed by atoms with Crippen LogP contribution in [0.3, 0.4) is 0 Å². The number of aliphatic hydroxyl groups excluding tert-OH is 2. The van der Waals surface area contributed by atoms with Gasteiger partial charge in [0.15, 0.2) is 11.9 Å². The second-order valence-electron chi connectivity index (χ2n) is 4.16. The predicted molar refractivity (Wildman–Crippen MR) is 62.2 cm³/mol. The molecule has 0 saturated carbocycles. The van der Waals surface area contributed by atoms with Crippen LogP contribution in [0.1, 0.15) is 35.9 Å². The van der Waals surface area contributed by atoms with Crippen molar-refractivity contribution in [2.75, 3.05) is 0 Å². The molecule has 0 heterocycles. The minimum atomic E-state index is -1.46. The summed E-state index contributed by atoms with van der Waals surface area (Å²) in [7, 11) is 0. The average Bonchev–Trinajstić information content (AvgIpc) is 2.36. The van der Waals surface area contributed by atoms with Crippen LogP contribution in [-0.4, -0.2) is 22.1 Å². The lowest BCUT2D eigenvalue weighted by molar-refractivity contribution is 0.0528. The van der Waals surface area contributed by atoms with Crippen LogP contribution in [0.2, 0.25) is 0 Å². The van der Waals surface area contributed by atoms with Gasteiger partial charge in [0, 0.05) is 11.5 Å². The van der Waals surface area contributed by atoms with E-state index in [0.29, 0.717) is 11.1 Å². The summed E-state index contributed by atoms with van der Waals surface area (Å²) in [5.74, 6) is -0.0673. The lowest BCUT2D eigenvalue weighted by atomic mass is 9.98.